The van der Waals surface area contributed by atoms with E-state index in [1.54, 1.807) is 19.2 Å². The molecule has 20 heavy (non-hydrogen) atoms. The molecule has 1 saturated heterocycles. The van der Waals surface area contributed by atoms with E-state index in [2.05, 4.69) is 4.90 Å². The van der Waals surface area contributed by atoms with Crippen LogP contribution in [-0.4, -0.2) is 36.7 Å². The van der Waals surface area contributed by atoms with E-state index in [1.807, 2.05) is 0 Å². The van der Waals surface area contributed by atoms with Crippen molar-refractivity contribution in [3.05, 3.63) is 35.1 Å². The van der Waals surface area contributed by atoms with Crippen molar-refractivity contribution in [3.8, 4) is 0 Å². The lowest BCUT2D eigenvalue weighted by Gasteiger charge is -2.32. The fourth-order valence-electron chi connectivity index (χ4n) is 2.74. The van der Waals surface area contributed by atoms with Crippen molar-refractivity contribution in [3.63, 3.8) is 0 Å². The zero-order valence-corrected chi connectivity index (χ0v) is 12.6. The summed E-state index contributed by atoms with van der Waals surface area (Å²) in [4.78, 5) is 2.51. The molecule has 0 aromatic heterocycles. The van der Waals surface area contributed by atoms with Gasteiger partial charge in [-0.2, -0.15) is 0 Å². The number of ether oxygens (including phenoxy) is 1. The maximum absolute atomic E-state index is 14.0. The van der Waals surface area contributed by atoms with Gasteiger partial charge in [0.1, 0.15) is 10.8 Å². The van der Waals surface area contributed by atoms with Crippen molar-refractivity contribution in [1.29, 1.82) is 0 Å². The highest BCUT2D eigenvalue weighted by Gasteiger charge is 2.20. The SMILES string of the molecule is COCC1CCCN(Cc2ccc(C(N)=S)cc2F)C1. The van der Waals surface area contributed by atoms with Crippen molar-refractivity contribution in [2.45, 2.75) is 19.4 Å². The highest BCUT2D eigenvalue weighted by atomic mass is 32.1. The van der Waals surface area contributed by atoms with Crippen LogP contribution in [0.1, 0.15) is 24.0 Å². The molecule has 0 amide bonds. The molecule has 0 saturated carbocycles. The summed E-state index contributed by atoms with van der Waals surface area (Å²) in [5.41, 5.74) is 6.79. The van der Waals surface area contributed by atoms with Gasteiger partial charge in [0.25, 0.3) is 0 Å². The van der Waals surface area contributed by atoms with Gasteiger partial charge in [-0.1, -0.05) is 24.4 Å². The van der Waals surface area contributed by atoms with Crippen molar-refractivity contribution in [2.24, 2.45) is 11.7 Å². The highest BCUT2D eigenvalue weighted by molar-refractivity contribution is 7.80. The second kappa shape index (κ2) is 7.11. The Labute approximate surface area is 124 Å². The van der Waals surface area contributed by atoms with Crippen LogP contribution >= 0.6 is 12.2 Å². The van der Waals surface area contributed by atoms with E-state index in [-0.39, 0.29) is 10.8 Å². The van der Waals surface area contributed by atoms with E-state index in [9.17, 15) is 4.39 Å². The molecule has 1 aliphatic heterocycles. The van der Waals surface area contributed by atoms with Crippen LogP contribution in [0.3, 0.4) is 0 Å². The van der Waals surface area contributed by atoms with Gasteiger partial charge in [-0.05, 0) is 31.4 Å². The molecule has 0 aliphatic carbocycles. The Kier molecular flexibility index (Phi) is 5.46. The number of rotatable bonds is 5. The van der Waals surface area contributed by atoms with Crippen LogP contribution in [0.25, 0.3) is 0 Å². The molecular weight excluding hydrogens is 275 g/mol. The molecule has 5 heteroatoms. The minimum atomic E-state index is -0.232. The summed E-state index contributed by atoms with van der Waals surface area (Å²) < 4.78 is 19.3. The second-order valence-corrected chi connectivity index (χ2v) is 5.81. The summed E-state index contributed by atoms with van der Waals surface area (Å²) in [6.07, 6.45) is 2.33. The van der Waals surface area contributed by atoms with Crippen molar-refractivity contribution < 1.29 is 9.13 Å². The minimum absolute atomic E-state index is 0.230. The average Bonchev–Trinajstić information content (AvgIpc) is 2.42. The van der Waals surface area contributed by atoms with Crippen molar-refractivity contribution in [2.75, 3.05) is 26.8 Å². The molecule has 1 aliphatic rings. The van der Waals surface area contributed by atoms with E-state index in [1.165, 1.54) is 12.5 Å². The van der Waals surface area contributed by atoms with Crippen LogP contribution in [0, 0.1) is 11.7 Å². The normalized spacial score (nSPS) is 20.0. The zero-order valence-electron chi connectivity index (χ0n) is 11.8. The first-order chi connectivity index (χ1) is 9.60. The average molecular weight is 296 g/mol. The van der Waals surface area contributed by atoms with Crippen LogP contribution in [0.15, 0.2) is 18.2 Å². The van der Waals surface area contributed by atoms with E-state index in [4.69, 9.17) is 22.7 Å². The van der Waals surface area contributed by atoms with Gasteiger partial charge in [0.15, 0.2) is 0 Å². The molecule has 1 heterocycles. The molecule has 0 radical (unpaired) electrons. The first kappa shape index (κ1) is 15.4. The fraction of sp³-hybridized carbons (Fsp3) is 0.533. The molecule has 1 unspecified atom stereocenters. The number of nitrogens with two attached hydrogens (primary N) is 1. The molecule has 0 bridgehead atoms. The fourth-order valence-corrected chi connectivity index (χ4v) is 2.86. The lowest BCUT2D eigenvalue weighted by atomic mass is 9.98. The van der Waals surface area contributed by atoms with Crippen molar-refractivity contribution >= 4 is 17.2 Å². The number of methoxy groups -OCH3 is 1. The maximum atomic E-state index is 14.0. The number of nitrogens with zero attached hydrogens (tertiary/aromatic N) is 1. The van der Waals surface area contributed by atoms with Crippen molar-refractivity contribution in [1.82, 2.24) is 4.90 Å². The Morgan fingerprint density at radius 1 is 1.55 bits per heavy atom. The largest absolute Gasteiger partial charge is 0.389 e. The van der Waals surface area contributed by atoms with Crippen LogP contribution in [0.2, 0.25) is 0 Å². The van der Waals surface area contributed by atoms with Gasteiger partial charge in [-0.15, -0.1) is 0 Å². The lowest BCUT2D eigenvalue weighted by Crippen LogP contribution is -2.36. The standard InChI is InChI=1S/C15H21FN2OS/c1-19-10-11-3-2-6-18(8-11)9-13-5-4-12(15(17)20)7-14(13)16/h4-5,7,11H,2-3,6,8-10H2,1H3,(H2,17,20). The summed E-state index contributed by atoms with van der Waals surface area (Å²) in [6, 6.07) is 5.00. The zero-order chi connectivity index (χ0) is 14.5. The Balaban J connectivity index is 2.00. The van der Waals surface area contributed by atoms with Gasteiger partial charge in [0.2, 0.25) is 0 Å². The molecule has 2 rings (SSSR count). The Bertz CT molecular complexity index is 479. The molecule has 0 spiro atoms. The lowest BCUT2D eigenvalue weighted by molar-refractivity contribution is 0.0868. The van der Waals surface area contributed by atoms with Crippen LogP contribution in [-0.2, 0) is 11.3 Å². The van der Waals surface area contributed by atoms with Crippen LogP contribution < -0.4 is 5.73 Å². The molecule has 1 aromatic rings. The molecule has 1 fully saturated rings. The third kappa shape index (κ3) is 3.98. The number of halogens is 1. The third-order valence-corrected chi connectivity index (χ3v) is 3.97. The first-order valence-corrected chi connectivity index (χ1v) is 7.30. The number of hydrogen-bond donors (Lipinski definition) is 1. The monoisotopic (exact) mass is 296 g/mol. The summed E-state index contributed by atoms with van der Waals surface area (Å²) in [5, 5.41) is 0. The number of piperidine rings is 1. The molecule has 110 valence electrons. The smallest absolute Gasteiger partial charge is 0.128 e. The molecule has 2 N–H and O–H groups in total. The van der Waals surface area contributed by atoms with Gasteiger partial charge in [-0.3, -0.25) is 4.90 Å². The van der Waals surface area contributed by atoms with E-state index >= 15 is 0 Å². The number of hydrogen-bond acceptors (Lipinski definition) is 3. The van der Waals surface area contributed by atoms with E-state index < -0.39 is 0 Å². The van der Waals surface area contributed by atoms with Gasteiger partial charge in [0, 0.05) is 31.3 Å². The Morgan fingerprint density at radius 2 is 2.35 bits per heavy atom. The first-order valence-electron chi connectivity index (χ1n) is 6.89. The van der Waals surface area contributed by atoms with E-state index in [0.717, 1.165) is 26.1 Å². The second-order valence-electron chi connectivity index (χ2n) is 5.37. The Hall–Kier alpha value is -1.04. The van der Waals surface area contributed by atoms with Gasteiger partial charge < -0.3 is 10.5 Å². The number of thiocarbonyl (C=S) groups is 1. The van der Waals surface area contributed by atoms with Crippen LogP contribution in [0.5, 0.6) is 0 Å². The third-order valence-electron chi connectivity index (χ3n) is 3.74. The maximum Gasteiger partial charge on any atom is 0.128 e. The quantitative estimate of drug-likeness (QED) is 0.846. The topological polar surface area (TPSA) is 38.5 Å². The summed E-state index contributed by atoms with van der Waals surface area (Å²) in [5.74, 6) is 0.317. The summed E-state index contributed by atoms with van der Waals surface area (Å²) in [6.45, 7) is 3.38. The molecule has 1 aromatic carbocycles. The number of benzene rings is 1. The predicted molar refractivity (Wildman–Crippen MR) is 82.2 cm³/mol. The summed E-state index contributed by atoms with van der Waals surface area (Å²) in [7, 11) is 1.73. The Morgan fingerprint density at radius 3 is 3.00 bits per heavy atom. The predicted octanol–water partition coefficient (Wildman–Crippen LogP) is 2.32. The minimum Gasteiger partial charge on any atom is -0.389 e. The number of likely N-dealkylation sites (tertiary alicyclic amines) is 1. The van der Waals surface area contributed by atoms with E-state index in [0.29, 0.717) is 23.6 Å². The highest BCUT2D eigenvalue weighted by Crippen LogP contribution is 2.20. The van der Waals surface area contributed by atoms with Gasteiger partial charge >= 0.3 is 0 Å². The van der Waals surface area contributed by atoms with Crippen LogP contribution in [0.4, 0.5) is 4.39 Å². The molecule has 1 atom stereocenters. The van der Waals surface area contributed by atoms with Gasteiger partial charge in [-0.25, -0.2) is 4.39 Å². The molecular formula is C15H21FN2OS. The molecule has 3 nitrogen and oxygen atoms in total. The van der Waals surface area contributed by atoms with Gasteiger partial charge in [0.05, 0.1) is 6.61 Å². The summed E-state index contributed by atoms with van der Waals surface area (Å²) >= 11 is 4.86.